The summed E-state index contributed by atoms with van der Waals surface area (Å²) in [6.07, 6.45) is 0. The number of benzene rings is 1. The van der Waals surface area contributed by atoms with Gasteiger partial charge in [-0.3, -0.25) is 4.79 Å². The summed E-state index contributed by atoms with van der Waals surface area (Å²) < 4.78 is 0. The second-order valence-corrected chi connectivity index (χ2v) is 5.02. The van der Waals surface area contributed by atoms with Crippen LogP contribution in [0.15, 0.2) is 18.2 Å². The quantitative estimate of drug-likeness (QED) is 0.875. The molecular formula is C14H18N4O. The Bertz CT molecular complexity index is 535. The van der Waals surface area contributed by atoms with Gasteiger partial charge in [0.2, 0.25) is 5.91 Å². The summed E-state index contributed by atoms with van der Waals surface area (Å²) in [6.45, 7) is 3.52. The number of nitriles is 1. The lowest BCUT2D eigenvalue weighted by molar-refractivity contribution is -0.117. The zero-order chi connectivity index (χ0) is 14.0. The van der Waals surface area contributed by atoms with Crippen molar-refractivity contribution in [1.82, 2.24) is 0 Å². The van der Waals surface area contributed by atoms with Crippen LogP contribution in [0.1, 0.15) is 12.5 Å². The lowest BCUT2D eigenvalue weighted by Crippen LogP contribution is -2.46. The van der Waals surface area contributed by atoms with E-state index in [-0.39, 0.29) is 11.8 Å². The minimum Gasteiger partial charge on any atom is -0.364 e. The molecule has 2 N–H and O–H groups in total. The van der Waals surface area contributed by atoms with Gasteiger partial charge >= 0.3 is 0 Å². The Labute approximate surface area is 113 Å². The highest BCUT2D eigenvalue weighted by atomic mass is 16.2. The summed E-state index contributed by atoms with van der Waals surface area (Å²) in [6, 6.07) is 7.53. The molecule has 0 aromatic heterocycles. The topological polar surface area (TPSA) is 73.4 Å². The van der Waals surface area contributed by atoms with Gasteiger partial charge in [0, 0.05) is 13.6 Å². The van der Waals surface area contributed by atoms with E-state index in [2.05, 4.69) is 6.07 Å². The first kappa shape index (κ1) is 13.4. The number of rotatable bonds is 3. The third kappa shape index (κ3) is 2.54. The molecule has 1 atom stereocenters. The van der Waals surface area contributed by atoms with Crippen LogP contribution in [0.2, 0.25) is 0 Å². The number of carbonyl (C=O) groups excluding carboxylic acids is 1. The van der Waals surface area contributed by atoms with E-state index in [1.54, 1.807) is 11.0 Å². The molecule has 0 aliphatic carbocycles. The molecule has 0 radical (unpaired) electrons. The molecule has 0 saturated carbocycles. The molecule has 100 valence electrons. The molecular weight excluding hydrogens is 240 g/mol. The Balaban J connectivity index is 2.40. The van der Waals surface area contributed by atoms with Crippen LogP contribution in [0.3, 0.4) is 0 Å². The van der Waals surface area contributed by atoms with Crippen LogP contribution in [0.5, 0.6) is 0 Å². The summed E-state index contributed by atoms with van der Waals surface area (Å²) in [5.74, 6) is 0.316. The Morgan fingerprint density at radius 1 is 1.47 bits per heavy atom. The van der Waals surface area contributed by atoms with Crippen molar-refractivity contribution in [2.45, 2.75) is 6.92 Å². The van der Waals surface area contributed by atoms with E-state index >= 15 is 0 Å². The van der Waals surface area contributed by atoms with E-state index in [1.165, 1.54) is 0 Å². The summed E-state index contributed by atoms with van der Waals surface area (Å²) in [7, 11) is 1.86. The highest BCUT2D eigenvalue weighted by molar-refractivity contribution is 6.03. The number of anilines is 2. The molecule has 1 amide bonds. The molecule has 1 unspecified atom stereocenters. The van der Waals surface area contributed by atoms with Gasteiger partial charge in [-0.25, -0.2) is 0 Å². The maximum atomic E-state index is 12.2. The van der Waals surface area contributed by atoms with Crippen molar-refractivity contribution in [2.24, 2.45) is 11.7 Å². The van der Waals surface area contributed by atoms with Crippen LogP contribution in [-0.4, -0.2) is 32.6 Å². The van der Waals surface area contributed by atoms with Gasteiger partial charge in [0.1, 0.15) is 0 Å². The van der Waals surface area contributed by atoms with Gasteiger partial charge in [-0.1, -0.05) is 6.92 Å². The zero-order valence-electron chi connectivity index (χ0n) is 11.3. The normalized spacial score (nSPS) is 16.0. The molecule has 5 nitrogen and oxygen atoms in total. The minimum atomic E-state index is 0.0695. The summed E-state index contributed by atoms with van der Waals surface area (Å²) in [5.41, 5.74) is 8.02. The Kier molecular flexibility index (Phi) is 3.72. The van der Waals surface area contributed by atoms with Crippen molar-refractivity contribution in [3.63, 3.8) is 0 Å². The maximum absolute atomic E-state index is 12.2. The van der Waals surface area contributed by atoms with Crippen LogP contribution in [-0.2, 0) is 4.79 Å². The summed E-state index contributed by atoms with van der Waals surface area (Å²) in [4.78, 5) is 15.8. The molecule has 0 bridgehead atoms. The standard InChI is InChI=1S/C14H18N4O/c1-10(6-15)8-18-12-4-3-11(7-16)5-13(12)17(2)9-14(18)19/h3-5,10H,6,8-9,15H2,1-2H3. The van der Waals surface area contributed by atoms with Crippen LogP contribution >= 0.6 is 0 Å². The molecule has 19 heavy (non-hydrogen) atoms. The molecule has 1 aliphatic rings. The fourth-order valence-electron chi connectivity index (χ4n) is 2.22. The summed E-state index contributed by atoms with van der Waals surface area (Å²) >= 11 is 0. The molecule has 1 aromatic carbocycles. The largest absolute Gasteiger partial charge is 0.364 e. The number of amides is 1. The molecule has 0 spiro atoms. The average molecular weight is 258 g/mol. The Morgan fingerprint density at radius 3 is 2.84 bits per heavy atom. The number of hydrogen-bond acceptors (Lipinski definition) is 4. The van der Waals surface area contributed by atoms with E-state index in [0.29, 0.717) is 25.2 Å². The van der Waals surface area contributed by atoms with Gasteiger partial charge in [0.05, 0.1) is 29.6 Å². The second kappa shape index (κ2) is 5.29. The molecule has 1 heterocycles. The van der Waals surface area contributed by atoms with Crippen LogP contribution in [0.25, 0.3) is 0 Å². The predicted octanol–water partition coefficient (Wildman–Crippen LogP) is 0.936. The van der Waals surface area contributed by atoms with E-state index in [1.807, 2.05) is 31.0 Å². The first-order chi connectivity index (χ1) is 9.06. The fraction of sp³-hybridized carbons (Fsp3) is 0.429. The lowest BCUT2D eigenvalue weighted by Gasteiger charge is -2.36. The Hall–Kier alpha value is -2.06. The van der Waals surface area contributed by atoms with E-state index in [0.717, 1.165) is 11.4 Å². The third-order valence-corrected chi connectivity index (χ3v) is 3.38. The smallest absolute Gasteiger partial charge is 0.246 e. The molecule has 1 aromatic rings. The van der Waals surface area contributed by atoms with Gasteiger partial charge in [-0.2, -0.15) is 5.26 Å². The first-order valence-corrected chi connectivity index (χ1v) is 6.32. The van der Waals surface area contributed by atoms with Gasteiger partial charge in [-0.15, -0.1) is 0 Å². The number of fused-ring (bicyclic) bond motifs is 1. The van der Waals surface area contributed by atoms with E-state index < -0.39 is 0 Å². The molecule has 1 aliphatic heterocycles. The van der Waals surface area contributed by atoms with E-state index in [9.17, 15) is 4.79 Å². The highest BCUT2D eigenvalue weighted by Gasteiger charge is 2.28. The molecule has 0 saturated heterocycles. The monoisotopic (exact) mass is 258 g/mol. The van der Waals surface area contributed by atoms with Crippen LogP contribution in [0.4, 0.5) is 11.4 Å². The van der Waals surface area contributed by atoms with Gasteiger partial charge in [-0.05, 0) is 30.7 Å². The predicted molar refractivity (Wildman–Crippen MR) is 75.0 cm³/mol. The van der Waals surface area contributed by atoms with Crippen molar-refractivity contribution in [3.05, 3.63) is 23.8 Å². The molecule has 5 heteroatoms. The highest BCUT2D eigenvalue weighted by Crippen LogP contribution is 2.33. The fourth-order valence-corrected chi connectivity index (χ4v) is 2.22. The van der Waals surface area contributed by atoms with Crippen LogP contribution in [0, 0.1) is 17.2 Å². The van der Waals surface area contributed by atoms with Crippen molar-refractivity contribution < 1.29 is 4.79 Å². The average Bonchev–Trinajstić information content (AvgIpc) is 2.42. The molecule has 2 rings (SSSR count). The van der Waals surface area contributed by atoms with E-state index in [4.69, 9.17) is 11.0 Å². The van der Waals surface area contributed by atoms with Gasteiger partial charge in [0.25, 0.3) is 0 Å². The summed E-state index contributed by atoms with van der Waals surface area (Å²) in [5, 5.41) is 8.96. The van der Waals surface area contributed by atoms with Gasteiger partial charge in [0.15, 0.2) is 0 Å². The first-order valence-electron chi connectivity index (χ1n) is 6.32. The lowest BCUT2D eigenvalue weighted by atomic mass is 10.1. The number of nitrogens with zero attached hydrogens (tertiary/aromatic N) is 3. The maximum Gasteiger partial charge on any atom is 0.246 e. The molecule has 0 fully saturated rings. The van der Waals surface area contributed by atoms with Crippen molar-refractivity contribution >= 4 is 17.3 Å². The van der Waals surface area contributed by atoms with Gasteiger partial charge < -0.3 is 15.5 Å². The van der Waals surface area contributed by atoms with Crippen molar-refractivity contribution in [1.29, 1.82) is 5.26 Å². The Morgan fingerprint density at radius 2 is 2.21 bits per heavy atom. The third-order valence-electron chi connectivity index (χ3n) is 3.38. The number of likely N-dealkylation sites (N-methyl/N-ethyl adjacent to an activating group) is 1. The number of carbonyl (C=O) groups is 1. The zero-order valence-corrected chi connectivity index (χ0v) is 11.3. The minimum absolute atomic E-state index is 0.0695. The second-order valence-electron chi connectivity index (χ2n) is 5.02. The SMILES string of the molecule is CC(CN)CN1C(=O)CN(C)c2cc(C#N)ccc21. The van der Waals surface area contributed by atoms with Crippen LogP contribution < -0.4 is 15.5 Å². The number of nitrogens with two attached hydrogens (primary N) is 1. The van der Waals surface area contributed by atoms with Crippen molar-refractivity contribution in [3.8, 4) is 6.07 Å². The van der Waals surface area contributed by atoms with Crippen molar-refractivity contribution in [2.75, 3.05) is 36.5 Å². The number of hydrogen-bond donors (Lipinski definition) is 1.